The van der Waals surface area contributed by atoms with Gasteiger partial charge in [-0.15, -0.1) is 0 Å². The Hall–Kier alpha value is -4.73. The molecule has 0 saturated heterocycles. The molecule has 1 aromatic heterocycles. The Morgan fingerprint density at radius 2 is 1.56 bits per heavy atom. The summed E-state index contributed by atoms with van der Waals surface area (Å²) in [5.74, 6) is 2.14. The first kappa shape index (κ1) is 34.4. The molecule has 2 N–H and O–H groups in total. The van der Waals surface area contributed by atoms with E-state index in [0.717, 1.165) is 47.1 Å². The average Bonchev–Trinajstić information content (AvgIpc) is 3.59. The third-order valence-electron chi connectivity index (χ3n) is 12.2. The first-order chi connectivity index (χ1) is 24.8. The van der Waals surface area contributed by atoms with Gasteiger partial charge < -0.3 is 25.2 Å². The molecule has 1 aliphatic heterocycles. The third kappa shape index (κ3) is 6.34. The summed E-state index contributed by atoms with van der Waals surface area (Å²) in [5, 5.41) is 6.05. The Kier molecular flexibility index (Phi) is 8.42. The van der Waals surface area contributed by atoms with Gasteiger partial charge >= 0.3 is 6.09 Å². The molecule has 4 fully saturated rings. The van der Waals surface area contributed by atoms with E-state index in [9.17, 15) is 19.2 Å². The first-order valence-electron chi connectivity index (χ1n) is 18.8. The zero-order valence-electron chi connectivity index (χ0n) is 30.7. The molecule has 2 heterocycles. The van der Waals surface area contributed by atoms with E-state index in [0.29, 0.717) is 48.6 Å². The Bertz CT molecular complexity index is 1920. The Morgan fingerprint density at radius 3 is 2.23 bits per heavy atom. The minimum Gasteiger partial charge on any atom is -0.444 e. The number of nitrogens with one attached hydrogen (secondary N) is 2. The molecule has 4 bridgehead atoms. The number of carbonyl (C=O) groups excluding carboxylic acids is 4. The summed E-state index contributed by atoms with van der Waals surface area (Å²) >= 11 is 0. The number of hydrogen-bond donors (Lipinski definition) is 2. The van der Waals surface area contributed by atoms with Crippen LogP contribution in [0.1, 0.15) is 87.1 Å². The van der Waals surface area contributed by atoms with Gasteiger partial charge in [0.05, 0.1) is 10.8 Å². The van der Waals surface area contributed by atoms with Gasteiger partial charge in [0.1, 0.15) is 18.0 Å². The van der Waals surface area contributed by atoms with Crippen LogP contribution in [-0.4, -0.2) is 57.8 Å². The maximum Gasteiger partial charge on any atom is 0.410 e. The Balaban J connectivity index is 1.02. The summed E-state index contributed by atoms with van der Waals surface area (Å²) in [7, 11) is 1.71. The van der Waals surface area contributed by atoms with Gasteiger partial charge in [-0.25, -0.2) is 9.78 Å². The van der Waals surface area contributed by atoms with Gasteiger partial charge in [-0.05, 0) is 130 Å². The van der Waals surface area contributed by atoms with Crippen molar-refractivity contribution in [2.24, 2.45) is 23.2 Å². The highest BCUT2D eigenvalue weighted by Gasteiger charge is 2.56. The SMILES string of the molecule is CN(Cc1ccccc1CN(CC(=O)Nc1ccc2c(c1)C[C@@]1(C2)C(=O)Nc2ncccc21)C(=O)C12CC3CC(CC(C3)C1)C2)C(=O)OC(C)(C)C. The van der Waals surface area contributed by atoms with Crippen molar-refractivity contribution in [2.75, 3.05) is 24.2 Å². The number of anilines is 2. The van der Waals surface area contributed by atoms with E-state index in [2.05, 4.69) is 15.6 Å². The second-order valence-corrected chi connectivity index (χ2v) is 17.3. The predicted molar refractivity (Wildman–Crippen MR) is 197 cm³/mol. The molecule has 1 atom stereocenters. The summed E-state index contributed by atoms with van der Waals surface area (Å²) in [6.45, 7) is 6.02. The van der Waals surface area contributed by atoms with Crippen LogP contribution in [0, 0.1) is 23.2 Å². The van der Waals surface area contributed by atoms with E-state index >= 15 is 0 Å². The molecule has 52 heavy (non-hydrogen) atoms. The molecule has 10 heteroatoms. The van der Waals surface area contributed by atoms with Gasteiger partial charge in [0, 0.05) is 37.6 Å². The lowest BCUT2D eigenvalue weighted by molar-refractivity contribution is -0.159. The molecule has 4 saturated carbocycles. The van der Waals surface area contributed by atoms with E-state index in [1.54, 1.807) is 23.0 Å². The summed E-state index contributed by atoms with van der Waals surface area (Å²) in [6, 6.07) is 17.5. The molecule has 6 aliphatic rings. The Labute approximate surface area is 305 Å². The average molecular weight is 704 g/mol. The van der Waals surface area contributed by atoms with Crippen LogP contribution in [0.15, 0.2) is 60.8 Å². The molecule has 4 amide bonds. The minimum atomic E-state index is -0.694. The number of ether oxygens (including phenoxy) is 1. The van der Waals surface area contributed by atoms with E-state index in [-0.39, 0.29) is 30.8 Å². The lowest BCUT2D eigenvalue weighted by Gasteiger charge is -2.56. The van der Waals surface area contributed by atoms with Crippen LogP contribution in [0.5, 0.6) is 0 Å². The van der Waals surface area contributed by atoms with Crippen molar-refractivity contribution in [1.82, 2.24) is 14.8 Å². The molecule has 0 unspecified atom stereocenters. The predicted octanol–water partition coefficient (Wildman–Crippen LogP) is 6.62. The summed E-state index contributed by atoms with van der Waals surface area (Å²) in [5.41, 5.74) is 3.73. The molecule has 1 spiro atoms. The van der Waals surface area contributed by atoms with Crippen LogP contribution in [0.2, 0.25) is 0 Å². The highest BCUT2D eigenvalue weighted by atomic mass is 16.6. The monoisotopic (exact) mass is 703 g/mol. The van der Waals surface area contributed by atoms with E-state index < -0.39 is 22.5 Å². The largest absolute Gasteiger partial charge is 0.444 e. The maximum absolute atomic E-state index is 14.8. The zero-order chi connectivity index (χ0) is 36.4. The maximum atomic E-state index is 14.8. The summed E-state index contributed by atoms with van der Waals surface area (Å²) in [4.78, 5) is 62.6. The van der Waals surface area contributed by atoms with Crippen molar-refractivity contribution < 1.29 is 23.9 Å². The molecule has 0 radical (unpaired) electrons. The van der Waals surface area contributed by atoms with E-state index in [1.807, 2.05) is 75.4 Å². The van der Waals surface area contributed by atoms with Crippen molar-refractivity contribution in [3.8, 4) is 0 Å². The van der Waals surface area contributed by atoms with Gasteiger partial charge in [-0.3, -0.25) is 14.4 Å². The van der Waals surface area contributed by atoms with Crippen LogP contribution in [0.25, 0.3) is 0 Å². The summed E-state index contributed by atoms with van der Waals surface area (Å²) in [6.07, 6.45) is 8.74. The zero-order valence-corrected chi connectivity index (χ0v) is 30.7. The van der Waals surface area contributed by atoms with Gasteiger partial charge in [0.25, 0.3) is 0 Å². The number of benzene rings is 2. The number of hydrogen-bond acceptors (Lipinski definition) is 6. The minimum absolute atomic E-state index is 0.0422. The van der Waals surface area contributed by atoms with Gasteiger partial charge in [0.2, 0.25) is 17.7 Å². The number of fused-ring (bicyclic) bond motifs is 3. The third-order valence-corrected chi connectivity index (χ3v) is 12.2. The molecule has 10 nitrogen and oxygen atoms in total. The van der Waals surface area contributed by atoms with Crippen LogP contribution in [0.3, 0.4) is 0 Å². The van der Waals surface area contributed by atoms with Crippen molar-refractivity contribution >= 4 is 35.3 Å². The second-order valence-electron chi connectivity index (χ2n) is 17.3. The number of aromatic nitrogens is 1. The van der Waals surface area contributed by atoms with Crippen molar-refractivity contribution in [1.29, 1.82) is 0 Å². The van der Waals surface area contributed by atoms with Crippen LogP contribution >= 0.6 is 0 Å². The molecular weight excluding hydrogens is 654 g/mol. The standard InChI is InChI=1S/C42H49N5O5/c1-40(2,3)52-39(51)46(4)23-30-8-5-6-9-31(30)24-47(38(50)41-18-26-14-27(19-41)16-28(15-26)20-41)25-35(48)44-33-12-11-29-21-42(22-32(29)17-33)34-10-7-13-43-36(34)45-37(42)49/h5-13,17,26-28H,14-16,18-25H2,1-4H3,(H,44,48)(H,43,45,49)/t26?,27?,28?,41?,42-/m1/s1. The fraction of sp³-hybridized carbons (Fsp3) is 0.500. The van der Waals surface area contributed by atoms with Crippen molar-refractivity contribution in [3.63, 3.8) is 0 Å². The molecule has 272 valence electrons. The smallest absolute Gasteiger partial charge is 0.410 e. The fourth-order valence-corrected chi connectivity index (χ4v) is 10.4. The summed E-state index contributed by atoms with van der Waals surface area (Å²) < 4.78 is 5.60. The van der Waals surface area contributed by atoms with Crippen LogP contribution in [-0.2, 0) is 50.5 Å². The molecule has 2 aromatic carbocycles. The lowest BCUT2D eigenvalue weighted by Crippen LogP contribution is -2.55. The van der Waals surface area contributed by atoms with Crippen molar-refractivity contribution in [3.05, 3.63) is 88.6 Å². The number of nitrogens with zero attached hydrogens (tertiary/aromatic N) is 3. The topological polar surface area (TPSA) is 121 Å². The fourth-order valence-electron chi connectivity index (χ4n) is 10.4. The van der Waals surface area contributed by atoms with Crippen LogP contribution < -0.4 is 10.6 Å². The normalized spacial score (nSPS) is 26.5. The number of rotatable bonds is 8. The highest BCUT2D eigenvalue weighted by Crippen LogP contribution is 2.60. The highest BCUT2D eigenvalue weighted by molar-refractivity contribution is 6.06. The first-order valence-corrected chi connectivity index (χ1v) is 18.8. The van der Waals surface area contributed by atoms with Gasteiger partial charge in [-0.2, -0.15) is 0 Å². The van der Waals surface area contributed by atoms with E-state index in [1.165, 1.54) is 19.3 Å². The molecule has 3 aromatic rings. The Morgan fingerprint density at radius 1 is 0.904 bits per heavy atom. The quantitative estimate of drug-likeness (QED) is 0.272. The second kappa shape index (κ2) is 12.7. The number of carbonyl (C=O) groups is 4. The molecule has 9 rings (SSSR count). The van der Waals surface area contributed by atoms with E-state index in [4.69, 9.17) is 4.74 Å². The molecular formula is C42H49N5O5. The molecule has 5 aliphatic carbocycles. The van der Waals surface area contributed by atoms with Crippen molar-refractivity contribution in [2.45, 2.75) is 96.2 Å². The lowest BCUT2D eigenvalue weighted by atomic mass is 9.49. The van der Waals surface area contributed by atoms with Crippen LogP contribution in [0.4, 0.5) is 16.3 Å². The number of amides is 4. The van der Waals surface area contributed by atoms with Gasteiger partial charge in [0.15, 0.2) is 0 Å². The number of pyridine rings is 1. The van der Waals surface area contributed by atoms with Gasteiger partial charge in [-0.1, -0.05) is 36.4 Å².